The second kappa shape index (κ2) is 69.7. The van der Waals surface area contributed by atoms with Crippen molar-refractivity contribution in [3.8, 4) is 34.5 Å². The SMILES string of the molecule is C=CCBr.C=CCn1cc(C=O)c(=O)c(OCc2ccccc2)c1C(OC)OC.COC(OC)OC.COC(OC)c1[nH]cc(Br)c(=O)c1OCc1ccccc1.COC(OC)c1[nH]cc(C=O)c(=O)c1OCc1ccccc1.COC(OC)c1[nH]ccc(=O)c1OCc1ccccc1.COC(OC)c1occc(=O)c1OCc1ccccc1.O=Cc1occc(=O)c1OCc1ccccc1.[B]=NS. The third-order valence-electron chi connectivity index (χ3n) is 18.1. The molecule has 0 aliphatic carbocycles. The van der Waals surface area contributed by atoms with Crippen LogP contribution in [-0.4, -0.2) is 150 Å². The molecule has 0 fully saturated rings. The van der Waals surface area contributed by atoms with Gasteiger partial charge >= 0.3 is 24.8 Å². The van der Waals surface area contributed by atoms with Crippen molar-refractivity contribution in [1.82, 2.24) is 19.5 Å². The third-order valence-corrected chi connectivity index (χ3v) is 19.2. The molecule has 139 heavy (non-hydrogen) atoms. The number of aromatic nitrogens is 4. The van der Waals surface area contributed by atoms with E-state index in [1.807, 2.05) is 182 Å². The van der Waals surface area contributed by atoms with E-state index in [4.69, 9.17) is 84.6 Å². The van der Waals surface area contributed by atoms with Gasteiger partial charge in [0.25, 0.3) is 6.48 Å². The second-order valence-corrected chi connectivity index (χ2v) is 28.9. The monoisotopic (exact) mass is 2060 g/mol. The van der Waals surface area contributed by atoms with Gasteiger partial charge in [0, 0.05) is 147 Å². The molecule has 35 nitrogen and oxygen atoms in total. The molecule has 0 atom stereocenters. The number of carbonyl (C=O) groups is 3. The van der Waals surface area contributed by atoms with Gasteiger partial charge in [0.05, 0.1) is 28.1 Å². The molecule has 3 N–H and O–H groups in total. The van der Waals surface area contributed by atoms with E-state index in [1.165, 1.54) is 148 Å². The molecule has 39 heteroatoms. The number of halogens is 2. The molecule has 1 radical (unpaired) electrons. The summed E-state index contributed by atoms with van der Waals surface area (Å²) in [5, 5.41) is 0.896. The number of nitrogens with one attached hydrogen (secondary N) is 3. The summed E-state index contributed by atoms with van der Waals surface area (Å²) in [5.74, 6) is 0.626. The van der Waals surface area contributed by atoms with Gasteiger partial charge in [-0.1, -0.05) is 210 Å². The molecule has 12 rings (SSSR count). The van der Waals surface area contributed by atoms with E-state index in [1.54, 1.807) is 16.7 Å². The number of H-pyrrole nitrogens is 3. The molecular formula is C100H113BBr2N5O30S. The fraction of sp³-hybridized carbons (Fsp3) is 0.270. The number of rotatable bonds is 42. The van der Waals surface area contributed by atoms with Gasteiger partial charge in [-0.15, -0.1) is 13.2 Å². The summed E-state index contributed by atoms with van der Waals surface area (Å²) in [6.07, 6.45) is 9.42. The maximum atomic E-state index is 12.6. The molecule has 0 bridgehead atoms. The van der Waals surface area contributed by atoms with Crippen LogP contribution in [0.25, 0.3) is 0 Å². The zero-order valence-corrected chi connectivity index (χ0v) is 82.9. The van der Waals surface area contributed by atoms with Crippen molar-refractivity contribution in [2.45, 2.75) is 84.1 Å². The van der Waals surface area contributed by atoms with Crippen molar-refractivity contribution >= 4 is 71.2 Å². The minimum absolute atomic E-state index is 0.000354. The van der Waals surface area contributed by atoms with Crippen LogP contribution in [0.5, 0.6) is 34.5 Å². The van der Waals surface area contributed by atoms with Crippen LogP contribution < -0.4 is 61.0 Å². The zero-order chi connectivity index (χ0) is 102. The van der Waals surface area contributed by atoms with Crippen molar-refractivity contribution in [1.29, 1.82) is 0 Å². The van der Waals surface area contributed by atoms with Crippen LogP contribution in [0.15, 0.2) is 309 Å². The number of nitrogens with zero attached hydrogens (tertiary/aromatic N) is 2. The number of aldehydes is 3. The number of allylic oxidation sites excluding steroid dienone is 2. The fourth-order valence-electron chi connectivity index (χ4n) is 11.7. The fourth-order valence-corrected chi connectivity index (χ4v) is 12.0. The number of thiol groups is 1. The zero-order valence-electron chi connectivity index (χ0n) is 78.9. The minimum atomic E-state index is -0.820. The van der Waals surface area contributed by atoms with Crippen molar-refractivity contribution in [3.63, 3.8) is 0 Å². The number of carbonyl (C=O) groups excluding carboxylic acids is 3. The van der Waals surface area contributed by atoms with Gasteiger partial charge < -0.3 is 118 Å². The Morgan fingerprint density at radius 1 is 0.381 bits per heavy atom. The molecule has 12 aromatic rings. The van der Waals surface area contributed by atoms with Gasteiger partial charge in [-0.3, -0.25) is 43.2 Å². The van der Waals surface area contributed by atoms with Crippen LogP contribution in [0.2, 0.25) is 0 Å². The molecular weight excluding hydrogens is 1950 g/mol. The second-order valence-electron chi connectivity index (χ2n) is 27.2. The molecule has 741 valence electrons. The normalized spacial score (nSPS) is 10.3. The van der Waals surface area contributed by atoms with E-state index in [0.717, 1.165) is 38.7 Å². The maximum absolute atomic E-state index is 12.6. The van der Waals surface area contributed by atoms with Crippen LogP contribution >= 0.6 is 44.7 Å². The van der Waals surface area contributed by atoms with Gasteiger partial charge in [-0.2, -0.15) is 0 Å². The number of pyridine rings is 4. The Hall–Kier alpha value is -13.0. The average Bonchev–Trinajstić information content (AvgIpc) is 0.778. The summed E-state index contributed by atoms with van der Waals surface area (Å²) in [4.78, 5) is 114. The number of aromatic amines is 3. The van der Waals surface area contributed by atoms with Crippen LogP contribution in [0.1, 0.15) is 125 Å². The predicted molar refractivity (Wildman–Crippen MR) is 530 cm³/mol. The standard InChI is InChI=1S/C19H21NO5.C16H17NO5.C15H16BrNO4.C15H17NO4.C15H16O5.C13H10O4.C4H10O3.C3H5Br.BHNS/c1-4-10-20-11-15(12-21)17(22)18(16(20)19(23-2)24-3)25-13-14-8-6-5-7-9-14;1-20-16(21-2)13-15(14(19)12(9-18)8-17-13)22-10-11-6-4-3-5-7-11;1-19-15(20-2)12-14(13(18)11(16)8-17-12)21-9-10-6-4-3-5-7-10;1-18-15(19-2)13-14(12(17)8-9-16-13)20-10-11-6-4-3-5-7-11;1-17-15(18-2)14-13(12(16)8-9-19-14)20-10-11-6-4-3-5-7-11;14-8-12-13(11(15)6-7-16-12)17-9-10-4-2-1-3-5-10;1-5-4(6-2)7-3;1-2-3-4;1-2-3/h4-9,11-12,19H,1,10,13H2,2-3H3;3-9,16H,10H2,1-2H3,(H,17,19);3-8,15H,9H2,1-2H3,(H,17,18);3-9,15H,10H2,1-2H3,(H,16,17);3-9,15H,10H2,1-2H3;1-8H,9H2;4H,1-3H3;2H,1,3H2;3H. The summed E-state index contributed by atoms with van der Waals surface area (Å²) in [6, 6.07) is 60.9. The third kappa shape index (κ3) is 40.1. The Bertz CT molecular complexity index is 5800. The molecule has 0 aliphatic rings. The molecule has 6 aromatic carbocycles. The summed E-state index contributed by atoms with van der Waals surface area (Å²) < 4.78 is 114. The summed E-state index contributed by atoms with van der Waals surface area (Å²) >= 11 is 9.52. The Morgan fingerprint density at radius 3 is 1.04 bits per heavy atom. The van der Waals surface area contributed by atoms with Crippen LogP contribution in [0.3, 0.4) is 0 Å². The number of methoxy groups -OCH3 is 13. The number of hydrogen-bond donors (Lipinski definition) is 4. The van der Waals surface area contributed by atoms with Gasteiger partial charge in [0.1, 0.15) is 62.4 Å². The number of ether oxygens (including phenoxy) is 19. The Morgan fingerprint density at radius 2 is 0.698 bits per heavy atom. The Kier molecular flexibility index (Phi) is 59.3. The first-order chi connectivity index (χ1) is 67.5. The first kappa shape index (κ1) is 118. The Labute approximate surface area is 827 Å². The molecule has 0 amide bonds. The van der Waals surface area contributed by atoms with Gasteiger partial charge in [0.15, 0.2) is 41.9 Å². The predicted octanol–water partition coefficient (Wildman–Crippen LogP) is 16.5. The van der Waals surface area contributed by atoms with E-state index in [2.05, 4.69) is 98.9 Å². The summed E-state index contributed by atoms with van der Waals surface area (Å²) in [5.41, 5.74) is 5.12. The van der Waals surface area contributed by atoms with E-state index >= 15 is 0 Å². The van der Waals surface area contributed by atoms with E-state index in [0.29, 0.717) is 59.3 Å². The number of alkyl halides is 1. The van der Waals surface area contributed by atoms with Gasteiger partial charge in [-0.05, 0) is 49.3 Å². The molecule has 0 spiro atoms. The van der Waals surface area contributed by atoms with Crippen molar-refractivity contribution < 1.29 is 113 Å². The molecule has 6 aromatic heterocycles. The number of hydrogen-bond acceptors (Lipinski definition) is 32. The van der Waals surface area contributed by atoms with Crippen molar-refractivity contribution in [2.75, 3.05) is 97.8 Å². The van der Waals surface area contributed by atoms with Crippen molar-refractivity contribution in [3.05, 3.63) is 407 Å². The van der Waals surface area contributed by atoms with E-state index < -0.39 is 48.8 Å². The molecule has 6 heterocycles. The van der Waals surface area contributed by atoms with Gasteiger partial charge in [0.2, 0.25) is 87.0 Å². The summed E-state index contributed by atoms with van der Waals surface area (Å²) in [7, 11) is 23.6. The number of benzene rings is 6. The van der Waals surface area contributed by atoms with E-state index in [9.17, 15) is 43.2 Å². The summed E-state index contributed by atoms with van der Waals surface area (Å²) in [6.45, 7) is 8.43. The van der Waals surface area contributed by atoms with E-state index in [-0.39, 0.29) is 112 Å². The Balaban J connectivity index is 0.000000339. The first-order valence-electron chi connectivity index (χ1n) is 41.5. The first-order valence-corrected chi connectivity index (χ1v) is 43.8. The molecule has 0 unspecified atom stereocenters. The molecule has 0 saturated heterocycles. The van der Waals surface area contributed by atoms with Gasteiger partial charge in [-0.25, -0.2) is 0 Å². The molecule has 0 aliphatic heterocycles. The van der Waals surface area contributed by atoms with Crippen LogP contribution in [0.4, 0.5) is 0 Å². The molecule has 0 saturated carbocycles. The topological polar surface area (TPSA) is 420 Å². The van der Waals surface area contributed by atoms with Crippen LogP contribution in [0, 0.1) is 0 Å². The van der Waals surface area contributed by atoms with Crippen molar-refractivity contribution in [2.24, 2.45) is 4.30 Å². The average molecular weight is 2070 g/mol. The van der Waals surface area contributed by atoms with Crippen LogP contribution in [-0.2, 0) is 108 Å². The quantitative estimate of drug-likeness (QED) is 0.00689.